The Morgan fingerprint density at radius 3 is 2.81 bits per heavy atom. The third-order valence-electron chi connectivity index (χ3n) is 4.32. The van der Waals surface area contributed by atoms with Gasteiger partial charge >= 0.3 is 0 Å². The Labute approximate surface area is 163 Å². The van der Waals surface area contributed by atoms with Gasteiger partial charge < -0.3 is 15.2 Å². The molecule has 2 aromatic rings. The number of benzene rings is 1. The van der Waals surface area contributed by atoms with E-state index in [0.29, 0.717) is 11.6 Å². The summed E-state index contributed by atoms with van der Waals surface area (Å²) in [5, 5.41) is 17.6. The van der Waals surface area contributed by atoms with Crippen molar-refractivity contribution in [2.45, 2.75) is 19.4 Å². The second-order valence-electron chi connectivity index (χ2n) is 5.98. The number of piperidine rings is 1. The standard InChI is InChI=1S/C16H19N5O3.2ClH/c1-11-9-17-5-4-13(11)19-16(22)12-2-3-14(15(8-12)21(23)24)20-7-6-18-10-20;;/h2-3,6-8,10-11,13,17H,4-5,9H2,1H3,(H,19,22);2*1H. The van der Waals surface area contributed by atoms with Gasteiger partial charge in [0.05, 0.1) is 11.3 Å². The van der Waals surface area contributed by atoms with Gasteiger partial charge in [0.15, 0.2) is 0 Å². The zero-order valence-electron chi connectivity index (χ0n) is 14.1. The van der Waals surface area contributed by atoms with E-state index < -0.39 is 4.92 Å². The van der Waals surface area contributed by atoms with Crippen LogP contribution < -0.4 is 10.6 Å². The van der Waals surface area contributed by atoms with Gasteiger partial charge in [0.2, 0.25) is 0 Å². The minimum atomic E-state index is -0.487. The second kappa shape index (κ2) is 9.51. The molecule has 10 heteroatoms. The Hall–Kier alpha value is -2.16. The molecule has 2 atom stereocenters. The van der Waals surface area contributed by atoms with E-state index in [2.05, 4.69) is 22.5 Å². The van der Waals surface area contributed by atoms with Crippen LogP contribution in [0.5, 0.6) is 0 Å². The molecule has 0 radical (unpaired) electrons. The lowest BCUT2D eigenvalue weighted by Gasteiger charge is -2.30. The van der Waals surface area contributed by atoms with Crippen molar-refractivity contribution in [1.29, 1.82) is 0 Å². The summed E-state index contributed by atoms with van der Waals surface area (Å²) in [6, 6.07) is 4.56. The van der Waals surface area contributed by atoms with Crippen LogP contribution >= 0.6 is 24.8 Å². The first kappa shape index (κ1) is 21.9. The maximum Gasteiger partial charge on any atom is 0.294 e. The fourth-order valence-electron chi connectivity index (χ4n) is 2.91. The highest BCUT2D eigenvalue weighted by Crippen LogP contribution is 2.24. The van der Waals surface area contributed by atoms with Crippen LogP contribution in [-0.4, -0.2) is 39.5 Å². The van der Waals surface area contributed by atoms with E-state index in [4.69, 9.17) is 0 Å². The van der Waals surface area contributed by atoms with Gasteiger partial charge in [-0.3, -0.25) is 14.9 Å². The Morgan fingerprint density at radius 2 is 2.19 bits per heavy atom. The highest BCUT2D eigenvalue weighted by Gasteiger charge is 2.24. The molecule has 1 aromatic carbocycles. The molecule has 0 bridgehead atoms. The molecule has 1 saturated heterocycles. The lowest BCUT2D eigenvalue weighted by molar-refractivity contribution is -0.384. The van der Waals surface area contributed by atoms with E-state index in [9.17, 15) is 14.9 Å². The zero-order valence-corrected chi connectivity index (χ0v) is 15.8. The Morgan fingerprint density at radius 1 is 1.42 bits per heavy atom. The molecule has 8 nitrogen and oxygen atoms in total. The van der Waals surface area contributed by atoms with Crippen molar-refractivity contribution in [2.75, 3.05) is 13.1 Å². The molecular formula is C16H21Cl2N5O3. The smallest absolute Gasteiger partial charge is 0.294 e. The van der Waals surface area contributed by atoms with Crippen molar-refractivity contribution in [3.8, 4) is 5.69 Å². The Kier molecular flexibility index (Phi) is 8.01. The van der Waals surface area contributed by atoms with Gasteiger partial charge in [-0.05, 0) is 37.6 Å². The van der Waals surface area contributed by atoms with Gasteiger partial charge in [-0.1, -0.05) is 6.92 Å². The van der Waals surface area contributed by atoms with Gasteiger partial charge in [0.1, 0.15) is 5.69 Å². The number of amides is 1. The molecular weight excluding hydrogens is 381 g/mol. The summed E-state index contributed by atoms with van der Waals surface area (Å²) < 4.78 is 1.55. The molecule has 0 spiro atoms. The number of carbonyl (C=O) groups is 1. The summed E-state index contributed by atoms with van der Waals surface area (Å²) in [6.45, 7) is 3.78. The fraction of sp³-hybridized carbons (Fsp3) is 0.375. The molecule has 1 amide bonds. The number of nitrogens with one attached hydrogen (secondary N) is 2. The average molecular weight is 402 g/mol. The summed E-state index contributed by atoms with van der Waals surface area (Å²) >= 11 is 0. The first-order chi connectivity index (χ1) is 11.6. The number of nitrogens with zero attached hydrogens (tertiary/aromatic N) is 3. The van der Waals surface area contributed by atoms with Crippen LogP contribution in [0.3, 0.4) is 0 Å². The van der Waals surface area contributed by atoms with Gasteiger partial charge in [-0.2, -0.15) is 0 Å². The molecule has 2 heterocycles. The molecule has 3 rings (SSSR count). The summed E-state index contributed by atoms with van der Waals surface area (Å²) in [5.74, 6) is 0.0388. The van der Waals surface area contributed by atoms with Gasteiger partial charge in [-0.15, -0.1) is 24.8 Å². The predicted octanol–water partition coefficient (Wildman–Crippen LogP) is 2.35. The SMILES string of the molecule is CC1CNCCC1NC(=O)c1ccc(-n2ccnc2)c([N+](=O)[O-])c1.Cl.Cl. The highest BCUT2D eigenvalue weighted by molar-refractivity contribution is 5.95. The molecule has 1 fully saturated rings. The number of hydrogen-bond acceptors (Lipinski definition) is 5. The van der Waals surface area contributed by atoms with E-state index in [1.165, 1.54) is 12.4 Å². The summed E-state index contributed by atoms with van der Waals surface area (Å²) in [5.41, 5.74) is 0.541. The second-order valence-corrected chi connectivity index (χ2v) is 5.98. The maximum absolute atomic E-state index is 12.5. The van der Waals surface area contributed by atoms with Gasteiger partial charge in [0, 0.05) is 30.1 Å². The van der Waals surface area contributed by atoms with Crippen molar-refractivity contribution >= 4 is 36.4 Å². The van der Waals surface area contributed by atoms with Crippen molar-refractivity contribution in [2.24, 2.45) is 5.92 Å². The van der Waals surface area contributed by atoms with Crippen LogP contribution in [0.2, 0.25) is 0 Å². The lowest BCUT2D eigenvalue weighted by Crippen LogP contribution is -2.48. The largest absolute Gasteiger partial charge is 0.349 e. The topological polar surface area (TPSA) is 102 Å². The first-order valence-corrected chi connectivity index (χ1v) is 7.84. The van der Waals surface area contributed by atoms with Crippen molar-refractivity contribution in [3.05, 3.63) is 52.6 Å². The number of carbonyl (C=O) groups excluding carboxylic acids is 1. The molecule has 26 heavy (non-hydrogen) atoms. The van der Waals surface area contributed by atoms with Crippen LogP contribution in [0.1, 0.15) is 23.7 Å². The number of nitro groups is 1. The maximum atomic E-state index is 12.5. The van der Waals surface area contributed by atoms with Crippen LogP contribution in [-0.2, 0) is 0 Å². The van der Waals surface area contributed by atoms with E-state index >= 15 is 0 Å². The quantitative estimate of drug-likeness (QED) is 0.604. The predicted molar refractivity (Wildman–Crippen MR) is 103 cm³/mol. The van der Waals surface area contributed by atoms with Crippen LogP contribution in [0, 0.1) is 16.0 Å². The Balaban J connectivity index is 0.00000169. The summed E-state index contributed by atoms with van der Waals surface area (Å²) in [6.07, 6.45) is 5.50. The minimum Gasteiger partial charge on any atom is -0.349 e. The lowest BCUT2D eigenvalue weighted by atomic mass is 9.95. The molecule has 2 unspecified atom stereocenters. The van der Waals surface area contributed by atoms with Crippen LogP contribution in [0.15, 0.2) is 36.9 Å². The molecule has 0 aliphatic carbocycles. The van der Waals surface area contributed by atoms with E-state index in [1.807, 2.05) is 0 Å². The van der Waals surface area contributed by atoms with Crippen molar-refractivity contribution in [1.82, 2.24) is 20.2 Å². The zero-order chi connectivity index (χ0) is 17.1. The number of imidazole rings is 1. The summed E-state index contributed by atoms with van der Waals surface area (Å²) in [4.78, 5) is 27.2. The molecule has 1 aliphatic heterocycles. The van der Waals surface area contributed by atoms with E-state index in [1.54, 1.807) is 29.1 Å². The molecule has 142 valence electrons. The highest BCUT2D eigenvalue weighted by atomic mass is 35.5. The molecule has 1 aromatic heterocycles. The third kappa shape index (κ3) is 4.72. The number of hydrogen-bond donors (Lipinski definition) is 2. The monoisotopic (exact) mass is 401 g/mol. The van der Waals surface area contributed by atoms with Crippen LogP contribution in [0.4, 0.5) is 5.69 Å². The number of nitro benzene ring substituents is 1. The summed E-state index contributed by atoms with van der Waals surface area (Å²) in [7, 11) is 0. The van der Waals surface area contributed by atoms with Gasteiger partial charge in [-0.25, -0.2) is 4.98 Å². The third-order valence-corrected chi connectivity index (χ3v) is 4.32. The number of halogens is 2. The number of aromatic nitrogens is 2. The number of rotatable bonds is 4. The fourth-order valence-corrected chi connectivity index (χ4v) is 2.91. The van der Waals surface area contributed by atoms with Gasteiger partial charge in [0.25, 0.3) is 11.6 Å². The minimum absolute atomic E-state index is 0. The normalized spacial score (nSPS) is 19.0. The van der Waals surface area contributed by atoms with Crippen LogP contribution in [0.25, 0.3) is 5.69 Å². The van der Waals surface area contributed by atoms with Crippen molar-refractivity contribution in [3.63, 3.8) is 0 Å². The van der Waals surface area contributed by atoms with E-state index in [0.717, 1.165) is 19.5 Å². The Bertz CT molecular complexity index is 754. The van der Waals surface area contributed by atoms with Crippen molar-refractivity contribution < 1.29 is 9.72 Å². The molecule has 0 saturated carbocycles. The average Bonchev–Trinajstić information content (AvgIpc) is 3.10. The van der Waals surface area contributed by atoms with E-state index in [-0.39, 0.29) is 48.0 Å². The molecule has 1 aliphatic rings. The first-order valence-electron chi connectivity index (χ1n) is 7.84. The molecule has 2 N–H and O–H groups in total.